The van der Waals surface area contributed by atoms with Crippen molar-refractivity contribution in [3.63, 3.8) is 0 Å². The molecule has 3 rings (SSSR count). The third kappa shape index (κ3) is 2.37. The van der Waals surface area contributed by atoms with E-state index in [1.807, 2.05) is 24.3 Å². The molecular formula is C13H15N3OS. The van der Waals surface area contributed by atoms with E-state index in [4.69, 9.17) is 0 Å². The second-order valence-corrected chi connectivity index (χ2v) is 5.51. The fourth-order valence-electron chi connectivity index (χ4n) is 2.19. The number of aromatic nitrogens is 1. The van der Waals surface area contributed by atoms with E-state index in [9.17, 15) is 4.79 Å². The van der Waals surface area contributed by atoms with Gasteiger partial charge in [-0.05, 0) is 31.5 Å². The van der Waals surface area contributed by atoms with E-state index < -0.39 is 0 Å². The van der Waals surface area contributed by atoms with Gasteiger partial charge >= 0.3 is 0 Å². The molecule has 1 aromatic heterocycles. The van der Waals surface area contributed by atoms with Crippen molar-refractivity contribution in [2.75, 3.05) is 11.9 Å². The highest BCUT2D eigenvalue weighted by atomic mass is 32.1. The predicted octanol–water partition coefficient (Wildman–Crippen LogP) is 2.38. The van der Waals surface area contributed by atoms with Crippen LogP contribution in [-0.4, -0.2) is 23.5 Å². The van der Waals surface area contributed by atoms with Gasteiger partial charge in [0.2, 0.25) is 5.91 Å². The molecule has 0 radical (unpaired) electrons. The van der Waals surface area contributed by atoms with Gasteiger partial charge in [0.15, 0.2) is 5.13 Å². The highest BCUT2D eigenvalue weighted by Crippen LogP contribution is 2.25. The first-order valence-electron chi connectivity index (χ1n) is 6.23. The first-order valence-corrected chi connectivity index (χ1v) is 7.04. The van der Waals surface area contributed by atoms with Crippen LogP contribution in [0.15, 0.2) is 24.3 Å². The third-order valence-corrected chi connectivity index (χ3v) is 4.10. The highest BCUT2D eigenvalue weighted by Gasteiger charge is 2.21. The second-order valence-electron chi connectivity index (χ2n) is 4.48. The Morgan fingerprint density at radius 2 is 2.28 bits per heavy atom. The van der Waals surface area contributed by atoms with E-state index in [0.717, 1.165) is 36.0 Å². The van der Waals surface area contributed by atoms with Crippen LogP contribution in [0.3, 0.4) is 0 Å². The number of carbonyl (C=O) groups is 1. The van der Waals surface area contributed by atoms with Crippen LogP contribution in [-0.2, 0) is 4.79 Å². The molecule has 1 fully saturated rings. The zero-order valence-electron chi connectivity index (χ0n) is 9.98. The number of amides is 1. The summed E-state index contributed by atoms with van der Waals surface area (Å²) in [6.07, 6.45) is 3.19. The molecule has 1 aromatic carbocycles. The number of hydrogen-bond acceptors (Lipinski definition) is 4. The zero-order chi connectivity index (χ0) is 12.4. The lowest BCUT2D eigenvalue weighted by atomic mass is 10.0. The molecule has 1 atom stereocenters. The average molecular weight is 261 g/mol. The van der Waals surface area contributed by atoms with E-state index in [-0.39, 0.29) is 11.9 Å². The minimum atomic E-state index is -0.0641. The second kappa shape index (κ2) is 5.04. The fraction of sp³-hybridized carbons (Fsp3) is 0.385. The Hall–Kier alpha value is -1.46. The van der Waals surface area contributed by atoms with Crippen molar-refractivity contribution in [1.29, 1.82) is 0 Å². The van der Waals surface area contributed by atoms with Gasteiger partial charge in [0.25, 0.3) is 0 Å². The number of fused-ring (bicyclic) bond motifs is 1. The summed E-state index contributed by atoms with van der Waals surface area (Å²) in [5, 5.41) is 6.83. The number of nitrogens with one attached hydrogen (secondary N) is 2. The number of nitrogens with zero attached hydrogens (tertiary/aromatic N) is 1. The third-order valence-electron chi connectivity index (χ3n) is 3.15. The maximum atomic E-state index is 12.0. The Kier molecular flexibility index (Phi) is 3.25. The number of thiazole rings is 1. The lowest BCUT2D eigenvalue weighted by Gasteiger charge is -2.21. The van der Waals surface area contributed by atoms with Crippen LogP contribution in [0.5, 0.6) is 0 Å². The van der Waals surface area contributed by atoms with E-state index in [2.05, 4.69) is 15.6 Å². The molecule has 1 aliphatic rings. The molecular weight excluding hydrogens is 246 g/mol. The molecule has 4 nitrogen and oxygen atoms in total. The van der Waals surface area contributed by atoms with E-state index in [1.165, 1.54) is 11.3 Å². The molecule has 2 heterocycles. The van der Waals surface area contributed by atoms with Crippen LogP contribution in [0.4, 0.5) is 5.13 Å². The molecule has 94 valence electrons. The number of anilines is 1. The molecule has 0 saturated carbocycles. The Bertz CT molecular complexity index is 527. The number of benzene rings is 1. The highest BCUT2D eigenvalue weighted by molar-refractivity contribution is 7.22. The van der Waals surface area contributed by atoms with Crippen LogP contribution in [0.1, 0.15) is 19.3 Å². The summed E-state index contributed by atoms with van der Waals surface area (Å²) in [6.45, 7) is 0.929. The number of para-hydroxylation sites is 1. The van der Waals surface area contributed by atoms with Crippen molar-refractivity contribution in [1.82, 2.24) is 10.3 Å². The van der Waals surface area contributed by atoms with Gasteiger partial charge in [-0.1, -0.05) is 29.9 Å². The number of hydrogen-bond donors (Lipinski definition) is 2. The number of piperidine rings is 1. The lowest BCUT2D eigenvalue weighted by Crippen LogP contribution is -2.43. The molecule has 1 aliphatic heterocycles. The van der Waals surface area contributed by atoms with E-state index in [0.29, 0.717) is 5.13 Å². The summed E-state index contributed by atoms with van der Waals surface area (Å²) in [7, 11) is 0. The standard InChI is InChI=1S/C13H15N3OS/c17-12(10-6-3-4-8-14-10)16-13-15-9-5-1-2-7-11(9)18-13/h1-2,5,7,10,14H,3-4,6,8H2,(H,15,16,17)/t10-/m1/s1. The van der Waals surface area contributed by atoms with Crippen LogP contribution in [0, 0.1) is 0 Å². The molecule has 0 unspecified atom stereocenters. The minimum absolute atomic E-state index is 0.0359. The first-order chi connectivity index (χ1) is 8.83. The van der Waals surface area contributed by atoms with E-state index >= 15 is 0 Å². The Labute approximate surface area is 109 Å². The Balaban J connectivity index is 1.73. The molecule has 1 amide bonds. The summed E-state index contributed by atoms with van der Waals surface area (Å²) in [5.41, 5.74) is 0.939. The number of rotatable bonds is 2. The van der Waals surface area contributed by atoms with Gasteiger partial charge in [0, 0.05) is 0 Å². The van der Waals surface area contributed by atoms with Crippen molar-refractivity contribution in [2.24, 2.45) is 0 Å². The molecule has 0 spiro atoms. The molecule has 2 aromatic rings. The van der Waals surface area contributed by atoms with Crippen LogP contribution >= 0.6 is 11.3 Å². The van der Waals surface area contributed by atoms with Gasteiger partial charge in [-0.2, -0.15) is 0 Å². The molecule has 2 N–H and O–H groups in total. The maximum absolute atomic E-state index is 12.0. The van der Waals surface area contributed by atoms with Crippen molar-refractivity contribution < 1.29 is 4.79 Å². The largest absolute Gasteiger partial charge is 0.306 e. The first kappa shape index (κ1) is 11.6. The zero-order valence-corrected chi connectivity index (χ0v) is 10.8. The van der Waals surface area contributed by atoms with Crippen LogP contribution in [0.2, 0.25) is 0 Å². The fourth-order valence-corrected chi connectivity index (χ4v) is 3.06. The van der Waals surface area contributed by atoms with E-state index in [1.54, 1.807) is 0 Å². The van der Waals surface area contributed by atoms with Gasteiger partial charge < -0.3 is 10.6 Å². The average Bonchev–Trinajstić information content (AvgIpc) is 2.82. The van der Waals surface area contributed by atoms with Crippen molar-refractivity contribution >= 4 is 32.6 Å². The Morgan fingerprint density at radius 3 is 3.06 bits per heavy atom. The topological polar surface area (TPSA) is 54.0 Å². The van der Waals surface area contributed by atoms with Gasteiger partial charge in [-0.15, -0.1) is 0 Å². The predicted molar refractivity (Wildman–Crippen MR) is 73.9 cm³/mol. The number of carbonyl (C=O) groups excluding carboxylic acids is 1. The summed E-state index contributed by atoms with van der Waals surface area (Å²) >= 11 is 1.52. The van der Waals surface area contributed by atoms with Crippen LogP contribution < -0.4 is 10.6 Å². The molecule has 0 bridgehead atoms. The van der Waals surface area contributed by atoms with Crippen molar-refractivity contribution in [3.8, 4) is 0 Å². The normalized spacial score (nSPS) is 19.9. The quantitative estimate of drug-likeness (QED) is 0.872. The Morgan fingerprint density at radius 1 is 1.39 bits per heavy atom. The maximum Gasteiger partial charge on any atom is 0.243 e. The summed E-state index contributed by atoms with van der Waals surface area (Å²) < 4.78 is 1.10. The smallest absolute Gasteiger partial charge is 0.243 e. The van der Waals surface area contributed by atoms with Gasteiger partial charge in [0.05, 0.1) is 16.3 Å². The van der Waals surface area contributed by atoms with Crippen molar-refractivity contribution in [2.45, 2.75) is 25.3 Å². The van der Waals surface area contributed by atoms with Crippen LogP contribution in [0.25, 0.3) is 10.2 Å². The molecule has 5 heteroatoms. The summed E-state index contributed by atoms with van der Waals surface area (Å²) in [5.74, 6) is 0.0359. The van der Waals surface area contributed by atoms with Gasteiger partial charge in [-0.3, -0.25) is 4.79 Å². The van der Waals surface area contributed by atoms with Crippen molar-refractivity contribution in [3.05, 3.63) is 24.3 Å². The molecule has 18 heavy (non-hydrogen) atoms. The van der Waals surface area contributed by atoms with Gasteiger partial charge in [0.1, 0.15) is 0 Å². The summed E-state index contributed by atoms with van der Waals surface area (Å²) in [4.78, 5) is 16.4. The SMILES string of the molecule is O=C(Nc1nc2ccccc2s1)[C@H]1CCCCN1. The molecule has 0 aliphatic carbocycles. The minimum Gasteiger partial charge on any atom is -0.306 e. The van der Waals surface area contributed by atoms with Gasteiger partial charge in [-0.25, -0.2) is 4.98 Å². The monoisotopic (exact) mass is 261 g/mol. The lowest BCUT2D eigenvalue weighted by molar-refractivity contribution is -0.118. The molecule has 1 saturated heterocycles. The summed E-state index contributed by atoms with van der Waals surface area (Å²) in [6, 6.07) is 7.85.